The van der Waals surface area contributed by atoms with Gasteiger partial charge in [-0.2, -0.15) is 24.9 Å². The largest absolute Gasteiger partial charge is 0.494 e. The number of alkyl halides is 3. The van der Waals surface area contributed by atoms with Crippen LogP contribution in [0.5, 0.6) is 5.75 Å². The lowest BCUT2D eigenvalue weighted by molar-refractivity contribution is -0.172. The number of halogens is 4. The summed E-state index contributed by atoms with van der Waals surface area (Å²) < 4.78 is 47.5. The van der Waals surface area contributed by atoms with Crippen LogP contribution in [0, 0.1) is 0 Å². The lowest BCUT2D eigenvalue weighted by Gasteiger charge is -2.38. The van der Waals surface area contributed by atoms with Gasteiger partial charge in [0.05, 0.1) is 12.2 Å². The zero-order chi connectivity index (χ0) is 28.9. The quantitative estimate of drug-likeness (QED) is 0.403. The Hall–Kier alpha value is -2.66. The number of nitrogens with zero attached hydrogens (tertiary/aromatic N) is 3. The number of carbonyl (C=O) groups is 2. The standard InChI is InChI=1S/C28H34ClF3N4O3S/c1-3-39-19-6-4-5-18(17-19)24(28(30,31)32)27(38)36-15-11-21(12-16-36)40-20-9-13-35(14-10-20)23-8-7-22(25(29)34-23)26(37)33-2/h4-8,17,20-21,24H,3,9-16H2,1-2H3,(H,33,37)/t24-/m0/s1. The van der Waals surface area contributed by atoms with Crippen LogP contribution >= 0.6 is 23.4 Å². The van der Waals surface area contributed by atoms with E-state index in [-0.39, 0.29) is 16.6 Å². The fourth-order valence-corrected chi connectivity index (χ4v) is 6.96. The Morgan fingerprint density at radius 2 is 1.75 bits per heavy atom. The van der Waals surface area contributed by atoms with Crippen molar-refractivity contribution >= 4 is 41.0 Å². The minimum absolute atomic E-state index is 0.0919. The number of benzene rings is 1. The topological polar surface area (TPSA) is 74.8 Å². The van der Waals surface area contributed by atoms with Gasteiger partial charge in [-0.25, -0.2) is 4.98 Å². The van der Waals surface area contributed by atoms with E-state index in [0.29, 0.717) is 54.4 Å². The van der Waals surface area contributed by atoms with E-state index in [2.05, 4.69) is 15.2 Å². The van der Waals surface area contributed by atoms with E-state index >= 15 is 0 Å². The maximum absolute atomic E-state index is 14.0. The molecule has 2 aromatic rings. The third-order valence-electron chi connectivity index (χ3n) is 7.29. The molecule has 0 aliphatic carbocycles. The summed E-state index contributed by atoms with van der Waals surface area (Å²) in [4.78, 5) is 32.9. The second-order valence-corrected chi connectivity index (χ2v) is 11.9. The van der Waals surface area contributed by atoms with Crippen LogP contribution in [0.2, 0.25) is 5.15 Å². The predicted molar refractivity (Wildman–Crippen MR) is 151 cm³/mol. The monoisotopic (exact) mass is 598 g/mol. The van der Waals surface area contributed by atoms with Crippen molar-refractivity contribution in [2.24, 2.45) is 0 Å². The van der Waals surface area contributed by atoms with E-state index in [9.17, 15) is 22.8 Å². The van der Waals surface area contributed by atoms with E-state index in [1.54, 1.807) is 32.2 Å². The lowest BCUT2D eigenvalue weighted by atomic mass is 9.95. The minimum atomic E-state index is -4.69. The Labute approximate surface area is 241 Å². The molecule has 0 saturated carbocycles. The Morgan fingerprint density at radius 3 is 2.33 bits per heavy atom. The number of likely N-dealkylation sites (tertiary alicyclic amines) is 1. The first-order valence-corrected chi connectivity index (χ1v) is 14.8. The van der Waals surface area contributed by atoms with Crippen molar-refractivity contribution in [3.05, 3.63) is 52.7 Å². The Balaban J connectivity index is 1.29. The van der Waals surface area contributed by atoms with Crippen LogP contribution in [-0.2, 0) is 4.79 Å². The Kier molecular flexibility index (Phi) is 10.1. The van der Waals surface area contributed by atoms with Gasteiger partial charge in [0, 0.05) is 43.7 Å². The first kappa shape index (κ1) is 30.3. The molecule has 0 bridgehead atoms. The summed E-state index contributed by atoms with van der Waals surface area (Å²) in [6.45, 7) is 4.31. The number of hydrogen-bond donors (Lipinski definition) is 1. The zero-order valence-electron chi connectivity index (χ0n) is 22.5. The second kappa shape index (κ2) is 13.3. The molecule has 0 radical (unpaired) electrons. The van der Waals surface area contributed by atoms with Crippen LogP contribution in [-0.4, -0.2) is 78.2 Å². The SMILES string of the molecule is CCOc1cccc([C@@H](C(=O)N2CCC(SC3CCN(c4ccc(C(=O)NC)c(Cl)n4)CC3)CC2)C(F)(F)F)c1. The average molecular weight is 599 g/mol. The van der Waals surface area contributed by atoms with E-state index in [1.165, 1.54) is 23.1 Å². The number of ether oxygens (including phenoxy) is 1. The molecule has 4 rings (SSSR count). The molecular weight excluding hydrogens is 565 g/mol. The summed E-state index contributed by atoms with van der Waals surface area (Å²) in [6, 6.07) is 9.22. The van der Waals surface area contributed by atoms with E-state index < -0.39 is 18.0 Å². The Morgan fingerprint density at radius 1 is 1.10 bits per heavy atom. The van der Waals surface area contributed by atoms with Gasteiger partial charge in [-0.1, -0.05) is 23.7 Å². The van der Waals surface area contributed by atoms with E-state index in [0.717, 1.165) is 31.7 Å². The molecule has 12 heteroatoms. The maximum atomic E-state index is 14.0. The molecule has 3 heterocycles. The van der Waals surface area contributed by atoms with Gasteiger partial charge in [0.2, 0.25) is 5.91 Å². The van der Waals surface area contributed by atoms with Gasteiger partial charge < -0.3 is 19.9 Å². The highest BCUT2D eigenvalue weighted by molar-refractivity contribution is 8.00. The summed E-state index contributed by atoms with van der Waals surface area (Å²) in [7, 11) is 1.54. The highest BCUT2D eigenvalue weighted by Crippen LogP contribution is 2.39. The first-order chi connectivity index (χ1) is 19.1. The summed E-state index contributed by atoms with van der Waals surface area (Å²) in [5, 5.41) is 3.44. The third-order valence-corrected chi connectivity index (χ3v) is 9.29. The highest BCUT2D eigenvalue weighted by atomic mass is 35.5. The molecule has 2 aliphatic heterocycles. The van der Waals surface area contributed by atoms with Crippen LogP contribution in [0.1, 0.15) is 54.4 Å². The molecule has 1 N–H and O–H groups in total. The van der Waals surface area contributed by atoms with Gasteiger partial charge in [-0.15, -0.1) is 0 Å². The van der Waals surface area contributed by atoms with Crippen LogP contribution in [0.4, 0.5) is 19.0 Å². The van der Waals surface area contributed by atoms with Crippen LogP contribution in [0.3, 0.4) is 0 Å². The summed E-state index contributed by atoms with van der Waals surface area (Å²) in [6.07, 6.45) is -1.49. The summed E-state index contributed by atoms with van der Waals surface area (Å²) in [5.74, 6) is -2.32. The number of hydrogen-bond acceptors (Lipinski definition) is 6. The Bertz CT molecular complexity index is 1190. The average Bonchev–Trinajstić information content (AvgIpc) is 2.93. The van der Waals surface area contributed by atoms with Gasteiger partial charge >= 0.3 is 6.18 Å². The number of rotatable bonds is 8. The van der Waals surface area contributed by atoms with Crippen molar-refractivity contribution in [2.75, 3.05) is 44.7 Å². The van der Waals surface area contributed by atoms with Gasteiger partial charge in [0.1, 0.15) is 16.7 Å². The number of nitrogens with one attached hydrogen (secondary N) is 1. The molecular formula is C28H34ClF3N4O3S. The maximum Gasteiger partial charge on any atom is 0.404 e. The van der Waals surface area contributed by atoms with Crippen LogP contribution in [0.25, 0.3) is 0 Å². The van der Waals surface area contributed by atoms with Gasteiger partial charge in [-0.3, -0.25) is 9.59 Å². The molecule has 0 spiro atoms. The number of thioether (sulfide) groups is 1. The van der Waals surface area contributed by atoms with Crippen molar-refractivity contribution in [1.82, 2.24) is 15.2 Å². The smallest absolute Gasteiger partial charge is 0.404 e. The van der Waals surface area contributed by atoms with Crippen molar-refractivity contribution < 1.29 is 27.5 Å². The van der Waals surface area contributed by atoms with Crippen LogP contribution < -0.4 is 15.0 Å². The van der Waals surface area contributed by atoms with Crippen molar-refractivity contribution in [1.29, 1.82) is 0 Å². The minimum Gasteiger partial charge on any atom is -0.494 e. The third kappa shape index (κ3) is 7.34. The molecule has 2 aliphatic rings. The number of carbonyl (C=O) groups excluding carboxylic acids is 2. The number of aromatic nitrogens is 1. The van der Waals surface area contributed by atoms with Gasteiger partial charge in [-0.05, 0) is 62.4 Å². The zero-order valence-corrected chi connectivity index (χ0v) is 24.1. The number of piperidine rings is 2. The molecule has 2 fully saturated rings. The fourth-order valence-electron chi connectivity index (χ4n) is 5.21. The van der Waals surface area contributed by atoms with Gasteiger partial charge in [0.25, 0.3) is 5.91 Å². The van der Waals surface area contributed by atoms with Crippen molar-refractivity contribution in [3.8, 4) is 5.75 Å². The normalized spacial score (nSPS) is 17.9. The van der Waals surface area contributed by atoms with Crippen molar-refractivity contribution in [2.45, 2.75) is 55.2 Å². The molecule has 2 saturated heterocycles. The lowest BCUT2D eigenvalue weighted by Crippen LogP contribution is -2.45. The molecule has 218 valence electrons. The second-order valence-electron chi connectivity index (χ2n) is 9.91. The van der Waals surface area contributed by atoms with E-state index in [4.69, 9.17) is 16.3 Å². The molecule has 1 aromatic carbocycles. The molecule has 1 aromatic heterocycles. The summed E-state index contributed by atoms with van der Waals surface area (Å²) >= 11 is 8.09. The molecule has 7 nitrogen and oxygen atoms in total. The van der Waals surface area contributed by atoms with Crippen molar-refractivity contribution in [3.63, 3.8) is 0 Å². The number of amides is 2. The molecule has 1 atom stereocenters. The number of pyridine rings is 1. The van der Waals surface area contributed by atoms with Crippen LogP contribution in [0.15, 0.2) is 36.4 Å². The number of anilines is 1. The summed E-state index contributed by atoms with van der Waals surface area (Å²) in [5.41, 5.74) is 0.245. The molecule has 40 heavy (non-hydrogen) atoms. The van der Waals surface area contributed by atoms with E-state index in [1.807, 2.05) is 11.8 Å². The predicted octanol–water partition coefficient (Wildman–Crippen LogP) is 5.53. The van der Waals surface area contributed by atoms with Gasteiger partial charge in [0.15, 0.2) is 5.92 Å². The molecule has 0 unspecified atom stereocenters. The fraction of sp³-hybridized carbons (Fsp3) is 0.536. The highest BCUT2D eigenvalue weighted by Gasteiger charge is 2.48. The first-order valence-electron chi connectivity index (χ1n) is 13.5. The molecule has 2 amide bonds.